The monoisotopic (exact) mass is 330 g/mol. The van der Waals surface area contributed by atoms with Gasteiger partial charge in [0, 0.05) is 0 Å². The zero-order chi connectivity index (χ0) is 16.8. The normalized spacial score (nSPS) is 12.9. The fraction of sp³-hybridized carbons (Fsp3) is 0.471. The van der Waals surface area contributed by atoms with E-state index in [-0.39, 0.29) is 11.9 Å². The highest BCUT2D eigenvalue weighted by atomic mass is 32.1. The maximum atomic E-state index is 12.4. The lowest BCUT2D eigenvalue weighted by molar-refractivity contribution is -0.137. The van der Waals surface area contributed by atoms with E-state index in [0.717, 1.165) is 17.7 Å². The summed E-state index contributed by atoms with van der Waals surface area (Å²) in [4.78, 5) is 0. The summed E-state index contributed by atoms with van der Waals surface area (Å²) in [6, 6.07) is 4.98. The van der Waals surface area contributed by atoms with Gasteiger partial charge < -0.3 is 4.74 Å². The van der Waals surface area contributed by atoms with E-state index in [0.29, 0.717) is 18.1 Å². The van der Waals surface area contributed by atoms with Gasteiger partial charge in [0.15, 0.2) is 0 Å². The second kappa shape index (κ2) is 8.47. The Morgan fingerprint density at radius 1 is 1.27 bits per heavy atom. The molecule has 0 saturated carbocycles. The van der Waals surface area contributed by atoms with Crippen LogP contribution in [0.1, 0.15) is 31.9 Å². The lowest BCUT2D eigenvalue weighted by Crippen LogP contribution is -2.10. The van der Waals surface area contributed by atoms with E-state index in [1.54, 1.807) is 0 Å². The van der Waals surface area contributed by atoms with Gasteiger partial charge in [-0.1, -0.05) is 26.0 Å². The standard InChI is InChI=1S/C17H21F3OS/c1-12(2)4-5-13(3)16(22)11-21-10-14-6-8-15(9-7-14)17(18,19)20/h4,6-9,12,16,22H,10-11H2,1-3H3/t5?,16-/m0/s1. The van der Waals surface area contributed by atoms with Gasteiger partial charge in [0.25, 0.3) is 0 Å². The number of alkyl halides is 3. The molecule has 0 aliphatic heterocycles. The first-order chi connectivity index (χ1) is 10.2. The minimum absolute atomic E-state index is 0.0792. The van der Waals surface area contributed by atoms with Crippen molar-refractivity contribution in [1.82, 2.24) is 0 Å². The quantitative estimate of drug-likeness (QED) is 0.552. The van der Waals surface area contributed by atoms with Crippen molar-refractivity contribution in [1.29, 1.82) is 0 Å². The third kappa shape index (κ3) is 6.73. The van der Waals surface area contributed by atoms with Crippen LogP contribution in [0.15, 0.2) is 41.6 Å². The van der Waals surface area contributed by atoms with Crippen LogP contribution in [0, 0.1) is 5.92 Å². The number of hydrogen-bond donors (Lipinski definition) is 1. The lowest BCUT2D eigenvalue weighted by atomic mass is 10.1. The van der Waals surface area contributed by atoms with E-state index in [2.05, 4.69) is 32.2 Å². The molecule has 22 heavy (non-hydrogen) atoms. The highest BCUT2D eigenvalue weighted by molar-refractivity contribution is 7.81. The van der Waals surface area contributed by atoms with Crippen molar-refractivity contribution in [2.45, 2.75) is 38.8 Å². The van der Waals surface area contributed by atoms with Crippen LogP contribution in [0.5, 0.6) is 0 Å². The van der Waals surface area contributed by atoms with Gasteiger partial charge >= 0.3 is 6.18 Å². The summed E-state index contributed by atoms with van der Waals surface area (Å²) in [5.74, 6) is 0.420. The molecular weight excluding hydrogens is 309 g/mol. The zero-order valence-corrected chi connectivity index (χ0v) is 13.8. The lowest BCUT2D eigenvalue weighted by Gasteiger charge is -2.11. The summed E-state index contributed by atoms with van der Waals surface area (Å²) in [6.45, 7) is 6.70. The number of hydrogen-bond acceptors (Lipinski definition) is 2. The minimum atomic E-state index is -4.31. The first kappa shape index (κ1) is 18.9. The summed E-state index contributed by atoms with van der Waals surface area (Å²) in [6.07, 6.45) is -2.34. The van der Waals surface area contributed by atoms with Crippen LogP contribution in [0.3, 0.4) is 0 Å². The molecule has 0 saturated heterocycles. The van der Waals surface area contributed by atoms with E-state index in [1.807, 2.05) is 13.0 Å². The van der Waals surface area contributed by atoms with Crippen molar-refractivity contribution < 1.29 is 17.9 Å². The first-order valence-electron chi connectivity index (χ1n) is 7.05. The van der Waals surface area contributed by atoms with Crippen molar-refractivity contribution in [2.75, 3.05) is 6.61 Å². The van der Waals surface area contributed by atoms with Gasteiger partial charge in [-0.25, -0.2) is 0 Å². The molecule has 0 fully saturated rings. The molecule has 0 amide bonds. The molecule has 5 heteroatoms. The van der Waals surface area contributed by atoms with Crippen molar-refractivity contribution in [2.24, 2.45) is 5.92 Å². The van der Waals surface area contributed by atoms with Crippen molar-refractivity contribution in [3.05, 3.63) is 52.8 Å². The molecule has 122 valence electrons. The molecule has 0 aromatic heterocycles. The van der Waals surface area contributed by atoms with Gasteiger partial charge in [-0.05, 0) is 42.2 Å². The van der Waals surface area contributed by atoms with Crippen LogP contribution in [0.4, 0.5) is 13.2 Å². The average molecular weight is 330 g/mol. The molecule has 0 heterocycles. The maximum absolute atomic E-state index is 12.4. The second-order valence-corrected chi connectivity index (χ2v) is 6.09. The SMILES string of the molecule is CC(=C=CC(C)C)[C@@H](S)COCc1ccc(C(F)(F)F)cc1. The Labute approximate surface area is 135 Å². The first-order valence-corrected chi connectivity index (χ1v) is 7.57. The molecule has 0 aliphatic carbocycles. The van der Waals surface area contributed by atoms with Gasteiger partial charge in [-0.15, -0.1) is 5.73 Å². The Morgan fingerprint density at radius 3 is 2.36 bits per heavy atom. The van der Waals surface area contributed by atoms with Crippen LogP contribution >= 0.6 is 12.6 Å². The average Bonchev–Trinajstić information content (AvgIpc) is 2.44. The fourth-order valence-electron chi connectivity index (χ4n) is 1.60. The summed E-state index contributed by atoms with van der Waals surface area (Å²) < 4.78 is 42.8. The number of rotatable bonds is 6. The van der Waals surface area contributed by atoms with Crippen molar-refractivity contribution >= 4 is 12.6 Å². The van der Waals surface area contributed by atoms with Crippen LogP contribution in [-0.4, -0.2) is 11.9 Å². The maximum Gasteiger partial charge on any atom is 0.416 e. The van der Waals surface area contributed by atoms with Gasteiger partial charge in [0.1, 0.15) is 0 Å². The zero-order valence-electron chi connectivity index (χ0n) is 12.9. The van der Waals surface area contributed by atoms with Crippen molar-refractivity contribution in [3.8, 4) is 0 Å². The molecule has 1 nitrogen and oxygen atoms in total. The minimum Gasteiger partial charge on any atom is -0.375 e. The Kier molecular flexibility index (Phi) is 7.27. The van der Waals surface area contributed by atoms with Gasteiger partial charge in [0.05, 0.1) is 24.0 Å². The number of ether oxygens (including phenoxy) is 1. The van der Waals surface area contributed by atoms with E-state index in [9.17, 15) is 13.2 Å². The Morgan fingerprint density at radius 2 is 1.86 bits per heavy atom. The van der Waals surface area contributed by atoms with E-state index >= 15 is 0 Å². The number of thiol groups is 1. The summed E-state index contributed by atoms with van der Waals surface area (Å²) >= 11 is 4.43. The highest BCUT2D eigenvalue weighted by Crippen LogP contribution is 2.29. The molecule has 1 atom stereocenters. The third-order valence-corrected chi connectivity index (χ3v) is 3.51. The molecule has 0 N–H and O–H groups in total. The Balaban J connectivity index is 2.49. The predicted octanol–water partition coefficient (Wildman–Crippen LogP) is 5.28. The number of halogens is 3. The largest absolute Gasteiger partial charge is 0.416 e. The molecule has 1 aromatic carbocycles. The summed E-state index contributed by atoms with van der Waals surface area (Å²) in [5, 5.41) is -0.0792. The topological polar surface area (TPSA) is 9.23 Å². The van der Waals surface area contributed by atoms with E-state index in [4.69, 9.17) is 4.74 Å². The molecule has 0 spiro atoms. The highest BCUT2D eigenvalue weighted by Gasteiger charge is 2.29. The summed E-state index contributed by atoms with van der Waals surface area (Å²) in [7, 11) is 0. The van der Waals surface area contributed by atoms with Crippen LogP contribution in [0.25, 0.3) is 0 Å². The van der Waals surface area contributed by atoms with E-state index in [1.165, 1.54) is 12.1 Å². The van der Waals surface area contributed by atoms with Gasteiger partial charge in [0.2, 0.25) is 0 Å². The Bertz CT molecular complexity index is 526. The van der Waals surface area contributed by atoms with Gasteiger partial charge in [-0.2, -0.15) is 25.8 Å². The van der Waals surface area contributed by atoms with Gasteiger partial charge in [-0.3, -0.25) is 0 Å². The van der Waals surface area contributed by atoms with Crippen LogP contribution in [-0.2, 0) is 17.5 Å². The molecule has 0 radical (unpaired) electrons. The van der Waals surface area contributed by atoms with Crippen LogP contribution in [0.2, 0.25) is 0 Å². The molecule has 0 bridgehead atoms. The molecule has 1 aromatic rings. The van der Waals surface area contributed by atoms with E-state index < -0.39 is 11.7 Å². The van der Waals surface area contributed by atoms with Crippen molar-refractivity contribution in [3.63, 3.8) is 0 Å². The molecule has 0 aliphatic rings. The Hall–Kier alpha value is -1.16. The third-order valence-electron chi connectivity index (χ3n) is 2.97. The van der Waals surface area contributed by atoms with Crippen LogP contribution < -0.4 is 0 Å². The fourth-order valence-corrected chi connectivity index (χ4v) is 1.78. The molecule has 0 unspecified atom stereocenters. The number of benzene rings is 1. The molecule has 1 rings (SSSR count). The molecular formula is C17H21F3OS. The second-order valence-electron chi connectivity index (χ2n) is 5.46. The summed E-state index contributed by atoms with van der Waals surface area (Å²) in [5.41, 5.74) is 4.19. The predicted molar refractivity (Wildman–Crippen MR) is 86.0 cm³/mol. The smallest absolute Gasteiger partial charge is 0.375 e.